The van der Waals surface area contributed by atoms with Gasteiger partial charge in [0.15, 0.2) is 0 Å². The van der Waals surface area contributed by atoms with Crippen molar-refractivity contribution in [1.82, 2.24) is 0 Å². The topological polar surface area (TPSA) is 9.23 Å². The first-order chi connectivity index (χ1) is 9.06. The van der Waals surface area contributed by atoms with Crippen LogP contribution in [0.3, 0.4) is 0 Å². The average molecular weight is 524 g/mol. The molecule has 0 saturated heterocycles. The molecule has 0 N–H and O–H groups in total. The van der Waals surface area contributed by atoms with Gasteiger partial charge in [0, 0.05) is 0 Å². The van der Waals surface area contributed by atoms with Crippen molar-refractivity contribution >= 4 is 46.5 Å². The van der Waals surface area contributed by atoms with E-state index in [1.807, 2.05) is 19.3 Å². The van der Waals surface area contributed by atoms with Crippen molar-refractivity contribution in [3.05, 3.63) is 12.3 Å². The van der Waals surface area contributed by atoms with Gasteiger partial charge in [-0.1, -0.05) is 0 Å². The Balaban J connectivity index is 6.01. The Morgan fingerprint density at radius 3 is 1.52 bits per heavy atom. The van der Waals surface area contributed by atoms with Crippen LogP contribution in [0.5, 0.6) is 0 Å². The summed E-state index contributed by atoms with van der Waals surface area (Å²) in [4.78, 5) is 15.7. The van der Waals surface area contributed by atoms with Crippen molar-refractivity contribution < 1.29 is 4.43 Å². The first-order valence-corrected chi connectivity index (χ1v) is 29.0. The summed E-state index contributed by atoms with van der Waals surface area (Å²) in [6, 6.07) is 0. The molecular formula is C17H38OSiSn2. The normalized spacial score (nSPS) is 17.9. The second kappa shape index (κ2) is 7.08. The monoisotopic (exact) mass is 526 g/mol. The van der Waals surface area contributed by atoms with E-state index in [2.05, 4.69) is 64.3 Å². The minimum atomic E-state index is -2.23. The molecule has 0 heterocycles. The molecule has 0 aliphatic heterocycles. The Morgan fingerprint density at radius 2 is 1.24 bits per heavy atom. The van der Waals surface area contributed by atoms with Crippen molar-refractivity contribution in [2.45, 2.75) is 83.1 Å². The van der Waals surface area contributed by atoms with Crippen LogP contribution in [0.2, 0.25) is 41.5 Å². The molecule has 21 heavy (non-hydrogen) atoms. The zero-order valence-electron chi connectivity index (χ0n) is 16.6. The van der Waals surface area contributed by atoms with E-state index in [0.29, 0.717) is 16.6 Å². The third kappa shape index (κ3) is 4.26. The molecule has 0 amide bonds. The zero-order valence-corrected chi connectivity index (χ0v) is 23.3. The number of hydrogen-bond acceptors (Lipinski definition) is 1. The Labute approximate surface area is 145 Å². The van der Waals surface area contributed by atoms with Gasteiger partial charge < -0.3 is 0 Å². The molecule has 1 atom stereocenters. The molecule has 0 aromatic rings. The van der Waals surface area contributed by atoms with Crippen LogP contribution in [-0.2, 0) is 4.43 Å². The van der Waals surface area contributed by atoms with E-state index in [-0.39, 0.29) is 5.04 Å². The fraction of sp³-hybridized carbons (Fsp3) is 0.882. The van der Waals surface area contributed by atoms with Crippen molar-refractivity contribution in [2.24, 2.45) is 0 Å². The molecule has 0 bridgehead atoms. The number of hydrogen-bond donors (Lipinski definition) is 0. The molecule has 0 aliphatic carbocycles. The van der Waals surface area contributed by atoms with E-state index in [0.717, 1.165) is 0 Å². The van der Waals surface area contributed by atoms with Gasteiger partial charge in [-0.15, -0.1) is 0 Å². The van der Waals surface area contributed by atoms with Crippen molar-refractivity contribution in [3.8, 4) is 0 Å². The van der Waals surface area contributed by atoms with Crippen molar-refractivity contribution in [1.29, 1.82) is 0 Å². The first-order valence-electron chi connectivity index (χ1n) is 8.10. The van der Waals surface area contributed by atoms with E-state index in [9.17, 15) is 0 Å². The zero-order chi connectivity index (χ0) is 17.3. The second-order valence-electron chi connectivity index (χ2n) is 9.56. The van der Waals surface area contributed by atoms with Crippen LogP contribution < -0.4 is 0 Å². The van der Waals surface area contributed by atoms with E-state index >= 15 is 0 Å². The Hall–Kier alpha value is 1.35. The molecular weight excluding hydrogens is 486 g/mol. The van der Waals surface area contributed by atoms with E-state index < -0.39 is 36.8 Å². The molecule has 0 aromatic carbocycles. The maximum atomic E-state index is 5.90. The fourth-order valence-electron chi connectivity index (χ4n) is 3.76. The molecule has 1 unspecified atom stereocenters. The Kier molecular flexibility index (Phi) is 7.53. The van der Waals surface area contributed by atoms with Gasteiger partial charge in [-0.05, 0) is 0 Å². The van der Waals surface area contributed by atoms with E-state index in [1.54, 1.807) is 0 Å². The van der Waals surface area contributed by atoms with Crippen LogP contribution in [0.15, 0.2) is 12.3 Å². The van der Waals surface area contributed by atoms with Crippen LogP contribution in [0.4, 0.5) is 0 Å². The molecule has 0 aromatic heterocycles. The van der Waals surface area contributed by atoms with Gasteiger partial charge in [0.1, 0.15) is 0 Å². The minimum absolute atomic E-state index is 0.231. The SMILES string of the molecule is C/C=C\O[Si]C(C)(C)[C](C)([C](C)(C)[Sn]([CH3])([CH3])[CH3])[Sn]([CH3])([CH3])[CH3]. The van der Waals surface area contributed by atoms with Crippen molar-refractivity contribution in [3.63, 3.8) is 0 Å². The summed E-state index contributed by atoms with van der Waals surface area (Å²) in [5.41, 5.74) is 0. The molecule has 0 fully saturated rings. The van der Waals surface area contributed by atoms with Crippen LogP contribution in [0, 0.1) is 0 Å². The number of rotatable bonds is 7. The summed E-state index contributed by atoms with van der Waals surface area (Å²) < 4.78 is 6.78. The summed E-state index contributed by atoms with van der Waals surface area (Å²) in [7, 11) is 0.543. The fourth-order valence-corrected chi connectivity index (χ4v) is 38.3. The van der Waals surface area contributed by atoms with Gasteiger partial charge in [0.25, 0.3) is 0 Å². The van der Waals surface area contributed by atoms with Crippen molar-refractivity contribution in [2.75, 3.05) is 0 Å². The van der Waals surface area contributed by atoms with Crippen LogP contribution >= 0.6 is 0 Å². The summed E-state index contributed by atoms with van der Waals surface area (Å²) in [5.74, 6) is 0. The van der Waals surface area contributed by atoms with Gasteiger partial charge >= 0.3 is 146 Å². The molecule has 1 nitrogen and oxygen atoms in total. The maximum absolute atomic E-state index is 5.90. The van der Waals surface area contributed by atoms with Crippen LogP contribution in [-0.4, -0.2) is 46.5 Å². The third-order valence-corrected chi connectivity index (χ3v) is 34.7. The Morgan fingerprint density at radius 1 is 0.810 bits per heavy atom. The van der Waals surface area contributed by atoms with Crippen LogP contribution in [0.25, 0.3) is 0 Å². The van der Waals surface area contributed by atoms with Gasteiger partial charge in [-0.3, -0.25) is 0 Å². The van der Waals surface area contributed by atoms with Gasteiger partial charge in [-0.25, -0.2) is 0 Å². The molecule has 2 radical (unpaired) electrons. The molecule has 0 aliphatic rings. The predicted molar refractivity (Wildman–Crippen MR) is 105 cm³/mol. The third-order valence-electron chi connectivity index (χ3n) is 6.39. The number of allylic oxidation sites excluding steroid dienone is 1. The van der Waals surface area contributed by atoms with E-state index in [4.69, 9.17) is 4.43 Å². The second-order valence-corrected chi connectivity index (χ2v) is 43.4. The van der Waals surface area contributed by atoms with Gasteiger partial charge in [0.05, 0.1) is 0 Å². The summed E-state index contributed by atoms with van der Waals surface area (Å²) in [5, 5.41) is 0.231. The Bertz CT molecular complexity index is 375. The van der Waals surface area contributed by atoms with Gasteiger partial charge in [-0.2, -0.15) is 0 Å². The molecule has 124 valence electrons. The van der Waals surface area contributed by atoms with E-state index in [1.165, 1.54) is 0 Å². The van der Waals surface area contributed by atoms with Crippen LogP contribution in [0.1, 0.15) is 41.5 Å². The molecule has 0 rings (SSSR count). The predicted octanol–water partition coefficient (Wildman–Crippen LogP) is 6.57. The summed E-state index contributed by atoms with van der Waals surface area (Å²) in [6.45, 7) is 14.7. The molecule has 4 heteroatoms. The van der Waals surface area contributed by atoms with Gasteiger partial charge in [0.2, 0.25) is 0 Å². The summed E-state index contributed by atoms with van der Waals surface area (Å²) in [6.07, 6.45) is 3.86. The molecule has 0 saturated carbocycles. The standard InChI is InChI=1S/C11H20OSi.6CH3.2Sn/c1-7-8-12-13-11(5,6)10(4)9(2)3;;;;;;;;/h7-8H,1-6H3;6*1H3;;/b8-7-;;;;;;;;. The summed E-state index contributed by atoms with van der Waals surface area (Å²) >= 11 is -4.34. The quantitative estimate of drug-likeness (QED) is 0.271. The molecule has 0 spiro atoms. The first kappa shape index (κ1) is 22.4. The average Bonchev–Trinajstić information content (AvgIpc) is 2.24.